The number of hydrogen-bond donors (Lipinski definition) is 3. The molecule has 0 amide bonds. The monoisotopic (exact) mass is 419 g/mol. The van der Waals surface area contributed by atoms with Crippen LogP contribution in [0.3, 0.4) is 0 Å². The first-order valence-corrected chi connectivity index (χ1v) is 10.5. The molecule has 0 bridgehead atoms. The van der Waals surface area contributed by atoms with E-state index in [9.17, 15) is 9.90 Å². The summed E-state index contributed by atoms with van der Waals surface area (Å²) in [4.78, 5) is 16.7. The third-order valence-electron chi connectivity index (χ3n) is 4.75. The molecule has 0 saturated carbocycles. The van der Waals surface area contributed by atoms with Crippen LogP contribution in [0.4, 0.5) is 5.69 Å². The largest absolute Gasteiger partial charge is 0.481 e. The van der Waals surface area contributed by atoms with Crippen LogP contribution in [0.2, 0.25) is 0 Å². The molecule has 0 saturated heterocycles. The molecule has 2 unspecified atom stereocenters. The minimum Gasteiger partial charge on any atom is -0.481 e. The highest BCUT2D eigenvalue weighted by atomic mass is 32.2. The number of aliphatic imine (C=N–C) groups is 1. The third kappa shape index (κ3) is 5.87. The fourth-order valence-corrected chi connectivity index (χ4v) is 4.40. The van der Waals surface area contributed by atoms with E-state index in [1.165, 1.54) is 0 Å². The minimum atomic E-state index is -0.812. The molecule has 0 spiro atoms. The lowest BCUT2D eigenvalue weighted by Crippen LogP contribution is -2.21. The molecule has 5 nitrogen and oxygen atoms in total. The minimum absolute atomic E-state index is 0.0308. The lowest BCUT2D eigenvalue weighted by atomic mass is 9.87. The molecule has 0 heterocycles. The molecule has 5 N–H and O–H groups in total. The van der Waals surface area contributed by atoms with Gasteiger partial charge in [0.25, 0.3) is 0 Å². The SMILES string of the molecule is CC(Sc1cccc(N=C(N)N)c1)c1cccc(C(CC(=O)O)c2ccccc2)c1. The Hall–Kier alpha value is -3.25. The van der Waals surface area contributed by atoms with Crippen LogP contribution in [0.5, 0.6) is 0 Å². The number of benzene rings is 3. The van der Waals surface area contributed by atoms with E-state index in [1.54, 1.807) is 11.8 Å². The van der Waals surface area contributed by atoms with Gasteiger partial charge in [-0.15, -0.1) is 11.8 Å². The molecule has 3 rings (SSSR count). The molecule has 0 aliphatic heterocycles. The van der Waals surface area contributed by atoms with Crippen molar-refractivity contribution in [3.63, 3.8) is 0 Å². The highest BCUT2D eigenvalue weighted by molar-refractivity contribution is 7.99. The Morgan fingerprint density at radius 1 is 0.933 bits per heavy atom. The van der Waals surface area contributed by atoms with Crippen molar-refractivity contribution in [2.45, 2.75) is 29.4 Å². The van der Waals surface area contributed by atoms with Crippen molar-refractivity contribution in [2.75, 3.05) is 0 Å². The number of thioether (sulfide) groups is 1. The standard InChI is InChI=1S/C24H25N3O2S/c1-16(30-21-12-6-11-20(14-21)27-24(25)26)18-9-5-10-19(13-18)22(15-23(28)29)17-7-3-2-4-8-17/h2-14,16,22H,15H2,1H3,(H,28,29)(H4,25,26,27). The smallest absolute Gasteiger partial charge is 0.304 e. The van der Waals surface area contributed by atoms with Crippen molar-refractivity contribution in [1.29, 1.82) is 0 Å². The van der Waals surface area contributed by atoms with Crippen LogP contribution in [0, 0.1) is 0 Å². The molecule has 0 radical (unpaired) electrons. The van der Waals surface area contributed by atoms with Crippen LogP contribution < -0.4 is 11.5 Å². The fourth-order valence-electron chi connectivity index (χ4n) is 3.36. The number of nitrogens with two attached hydrogens (primary N) is 2. The van der Waals surface area contributed by atoms with Crippen LogP contribution in [-0.2, 0) is 4.79 Å². The average Bonchev–Trinajstić information content (AvgIpc) is 2.72. The summed E-state index contributed by atoms with van der Waals surface area (Å²) in [6, 6.07) is 25.7. The van der Waals surface area contributed by atoms with E-state index < -0.39 is 5.97 Å². The normalized spacial score (nSPS) is 12.7. The predicted molar refractivity (Wildman–Crippen MR) is 123 cm³/mol. The Labute approximate surface area is 180 Å². The van der Waals surface area contributed by atoms with Crippen LogP contribution in [-0.4, -0.2) is 17.0 Å². The van der Waals surface area contributed by atoms with E-state index in [0.29, 0.717) is 5.69 Å². The second-order valence-electron chi connectivity index (χ2n) is 7.03. The van der Waals surface area contributed by atoms with Crippen LogP contribution in [0.25, 0.3) is 0 Å². The summed E-state index contributed by atoms with van der Waals surface area (Å²) >= 11 is 1.70. The van der Waals surface area contributed by atoms with Gasteiger partial charge in [0, 0.05) is 16.1 Å². The van der Waals surface area contributed by atoms with E-state index in [2.05, 4.69) is 24.0 Å². The lowest BCUT2D eigenvalue weighted by molar-refractivity contribution is -0.137. The number of aliphatic carboxylic acids is 1. The van der Waals surface area contributed by atoms with Gasteiger partial charge in [0.1, 0.15) is 0 Å². The Bertz CT molecular complexity index is 1030. The molecule has 6 heteroatoms. The van der Waals surface area contributed by atoms with Crippen LogP contribution in [0.1, 0.15) is 41.2 Å². The highest BCUT2D eigenvalue weighted by Gasteiger charge is 2.19. The summed E-state index contributed by atoms with van der Waals surface area (Å²) in [7, 11) is 0. The first-order chi connectivity index (χ1) is 14.4. The maximum atomic E-state index is 11.5. The van der Waals surface area contributed by atoms with Crippen LogP contribution in [0.15, 0.2) is 88.8 Å². The quantitative estimate of drug-likeness (QED) is 0.269. The Balaban J connectivity index is 1.85. The van der Waals surface area contributed by atoms with E-state index in [-0.39, 0.29) is 23.5 Å². The fraction of sp³-hybridized carbons (Fsp3) is 0.167. The molecule has 3 aromatic rings. The number of carboxylic acid groups (broad SMARTS) is 1. The van der Waals surface area contributed by atoms with Crippen LogP contribution >= 0.6 is 11.8 Å². The zero-order valence-corrected chi connectivity index (χ0v) is 17.5. The topological polar surface area (TPSA) is 102 Å². The van der Waals surface area contributed by atoms with Crippen molar-refractivity contribution in [3.8, 4) is 0 Å². The molecule has 0 fully saturated rings. The van der Waals surface area contributed by atoms with E-state index in [1.807, 2.05) is 66.7 Å². The third-order valence-corrected chi connectivity index (χ3v) is 5.90. The van der Waals surface area contributed by atoms with Gasteiger partial charge in [0.05, 0.1) is 12.1 Å². The second-order valence-corrected chi connectivity index (χ2v) is 8.44. The van der Waals surface area contributed by atoms with Gasteiger partial charge in [-0.05, 0) is 41.8 Å². The molecule has 154 valence electrons. The van der Waals surface area contributed by atoms with Gasteiger partial charge in [-0.3, -0.25) is 4.79 Å². The number of hydrogen-bond acceptors (Lipinski definition) is 3. The van der Waals surface area contributed by atoms with Crippen molar-refractivity contribution >= 4 is 29.4 Å². The van der Waals surface area contributed by atoms with Gasteiger partial charge in [-0.25, -0.2) is 4.99 Å². The first-order valence-electron chi connectivity index (χ1n) is 9.65. The summed E-state index contributed by atoms with van der Waals surface area (Å²) in [6.45, 7) is 2.13. The number of carboxylic acids is 1. The maximum Gasteiger partial charge on any atom is 0.304 e. The predicted octanol–water partition coefficient (Wildman–Crippen LogP) is 5.05. The molecular weight excluding hydrogens is 394 g/mol. The molecule has 0 aliphatic carbocycles. The summed E-state index contributed by atoms with van der Waals surface area (Å²) in [6.07, 6.45) is 0.0511. The number of rotatable bonds is 8. The van der Waals surface area contributed by atoms with E-state index in [0.717, 1.165) is 21.6 Å². The van der Waals surface area contributed by atoms with Gasteiger partial charge < -0.3 is 16.6 Å². The van der Waals surface area contributed by atoms with Gasteiger partial charge in [0.15, 0.2) is 5.96 Å². The maximum absolute atomic E-state index is 11.5. The summed E-state index contributed by atoms with van der Waals surface area (Å²) in [5, 5.41) is 9.60. The number of nitrogens with zero attached hydrogens (tertiary/aromatic N) is 1. The highest BCUT2D eigenvalue weighted by Crippen LogP contribution is 2.38. The summed E-state index contributed by atoms with van der Waals surface area (Å²) in [5.74, 6) is -0.970. The summed E-state index contributed by atoms with van der Waals surface area (Å²) < 4.78 is 0. The molecule has 30 heavy (non-hydrogen) atoms. The van der Waals surface area contributed by atoms with Gasteiger partial charge in [-0.1, -0.05) is 60.7 Å². The van der Waals surface area contributed by atoms with E-state index in [4.69, 9.17) is 11.5 Å². The second kappa shape index (κ2) is 9.98. The molecule has 3 aromatic carbocycles. The molecule has 2 atom stereocenters. The van der Waals surface area contributed by atoms with Crippen molar-refractivity contribution in [1.82, 2.24) is 0 Å². The Morgan fingerprint density at radius 3 is 2.30 bits per heavy atom. The Morgan fingerprint density at radius 2 is 1.60 bits per heavy atom. The first kappa shape index (κ1) is 21.5. The van der Waals surface area contributed by atoms with Crippen molar-refractivity contribution in [3.05, 3.63) is 95.6 Å². The zero-order chi connectivity index (χ0) is 21.5. The number of guanidine groups is 1. The number of carbonyl (C=O) groups is 1. The molecule has 0 aliphatic rings. The van der Waals surface area contributed by atoms with Crippen molar-refractivity contribution < 1.29 is 9.90 Å². The van der Waals surface area contributed by atoms with Gasteiger partial charge in [0.2, 0.25) is 0 Å². The van der Waals surface area contributed by atoms with Gasteiger partial charge in [-0.2, -0.15) is 0 Å². The molecule has 0 aromatic heterocycles. The van der Waals surface area contributed by atoms with Gasteiger partial charge >= 0.3 is 5.97 Å². The lowest BCUT2D eigenvalue weighted by Gasteiger charge is -2.19. The average molecular weight is 420 g/mol. The molecular formula is C24H25N3O2S. The zero-order valence-electron chi connectivity index (χ0n) is 16.7. The van der Waals surface area contributed by atoms with E-state index >= 15 is 0 Å². The Kier molecular flexibility index (Phi) is 7.14. The van der Waals surface area contributed by atoms with Crippen molar-refractivity contribution in [2.24, 2.45) is 16.5 Å². The summed E-state index contributed by atoms with van der Waals surface area (Å²) in [5.41, 5.74) is 14.8.